The number of aliphatic carboxylic acids is 1. The molecule has 0 unspecified atom stereocenters. The lowest BCUT2D eigenvalue weighted by Crippen LogP contribution is -2.32. The minimum absolute atomic E-state index is 0.265. The SMILES string of the molecule is CC(C)Cc1ccc([C@@H](C)C(=O)NCC(=O)O)cc1. The molecule has 0 aromatic heterocycles. The van der Waals surface area contributed by atoms with Crippen LogP contribution >= 0.6 is 0 Å². The Labute approximate surface area is 113 Å². The number of hydrogen-bond donors (Lipinski definition) is 2. The van der Waals surface area contributed by atoms with Crippen LogP contribution in [0.15, 0.2) is 24.3 Å². The van der Waals surface area contributed by atoms with Gasteiger partial charge in [0, 0.05) is 0 Å². The summed E-state index contributed by atoms with van der Waals surface area (Å²) in [7, 11) is 0. The first-order valence-corrected chi connectivity index (χ1v) is 6.48. The van der Waals surface area contributed by atoms with Crippen LogP contribution in [0.5, 0.6) is 0 Å². The van der Waals surface area contributed by atoms with Crippen molar-refractivity contribution in [1.82, 2.24) is 5.32 Å². The summed E-state index contributed by atoms with van der Waals surface area (Å²) in [6.07, 6.45) is 1.01. The van der Waals surface area contributed by atoms with Crippen molar-refractivity contribution in [2.45, 2.75) is 33.1 Å². The fourth-order valence-corrected chi connectivity index (χ4v) is 1.88. The maximum Gasteiger partial charge on any atom is 0.322 e. The normalized spacial score (nSPS) is 12.2. The Morgan fingerprint density at radius 1 is 1.16 bits per heavy atom. The molecule has 4 nitrogen and oxygen atoms in total. The van der Waals surface area contributed by atoms with Crippen LogP contribution in [0, 0.1) is 5.92 Å². The molecule has 1 aromatic carbocycles. The summed E-state index contributed by atoms with van der Waals surface area (Å²) in [6, 6.07) is 7.91. The van der Waals surface area contributed by atoms with Gasteiger partial charge in [-0.05, 0) is 30.4 Å². The molecule has 1 atom stereocenters. The second kappa shape index (κ2) is 6.92. The largest absolute Gasteiger partial charge is 0.480 e. The number of hydrogen-bond acceptors (Lipinski definition) is 2. The first kappa shape index (κ1) is 15.2. The van der Waals surface area contributed by atoms with Crippen molar-refractivity contribution >= 4 is 11.9 Å². The fraction of sp³-hybridized carbons (Fsp3) is 0.467. The molecule has 2 N–H and O–H groups in total. The highest BCUT2D eigenvalue weighted by Crippen LogP contribution is 2.17. The first-order valence-electron chi connectivity index (χ1n) is 6.48. The number of nitrogens with one attached hydrogen (secondary N) is 1. The molecule has 0 saturated heterocycles. The van der Waals surface area contributed by atoms with E-state index in [1.807, 2.05) is 24.3 Å². The lowest BCUT2D eigenvalue weighted by molar-refractivity contribution is -0.138. The minimum atomic E-state index is -1.03. The number of amides is 1. The molecule has 19 heavy (non-hydrogen) atoms. The third-order valence-electron chi connectivity index (χ3n) is 2.93. The summed E-state index contributed by atoms with van der Waals surface area (Å²) in [6.45, 7) is 5.76. The summed E-state index contributed by atoms with van der Waals surface area (Å²) in [4.78, 5) is 22.1. The van der Waals surface area contributed by atoms with Gasteiger partial charge in [0.15, 0.2) is 0 Å². The fourth-order valence-electron chi connectivity index (χ4n) is 1.88. The van der Waals surface area contributed by atoms with Gasteiger partial charge in [0.25, 0.3) is 0 Å². The molecule has 0 aliphatic carbocycles. The molecule has 0 bridgehead atoms. The van der Waals surface area contributed by atoms with Gasteiger partial charge in [-0.15, -0.1) is 0 Å². The third-order valence-corrected chi connectivity index (χ3v) is 2.93. The van der Waals surface area contributed by atoms with Crippen LogP contribution in [-0.2, 0) is 16.0 Å². The quantitative estimate of drug-likeness (QED) is 0.826. The Bertz CT molecular complexity index is 437. The standard InChI is InChI=1S/C15H21NO3/c1-10(2)8-12-4-6-13(7-5-12)11(3)15(19)16-9-14(17)18/h4-7,10-11H,8-9H2,1-3H3,(H,16,19)(H,17,18)/t11-/m1/s1. The summed E-state index contributed by atoms with van der Waals surface area (Å²) < 4.78 is 0. The van der Waals surface area contributed by atoms with Crippen LogP contribution in [0.2, 0.25) is 0 Å². The molecular weight excluding hydrogens is 242 g/mol. The topological polar surface area (TPSA) is 66.4 Å². The Morgan fingerprint density at radius 2 is 1.74 bits per heavy atom. The van der Waals surface area contributed by atoms with E-state index in [2.05, 4.69) is 19.2 Å². The molecule has 0 saturated carbocycles. The first-order chi connectivity index (χ1) is 8.90. The van der Waals surface area contributed by atoms with Crippen LogP contribution < -0.4 is 5.32 Å². The van der Waals surface area contributed by atoms with Gasteiger partial charge >= 0.3 is 5.97 Å². The molecular formula is C15H21NO3. The van der Waals surface area contributed by atoms with Gasteiger partial charge in [-0.1, -0.05) is 38.1 Å². The maximum absolute atomic E-state index is 11.7. The molecule has 1 amide bonds. The molecule has 0 heterocycles. The predicted molar refractivity (Wildman–Crippen MR) is 74.0 cm³/mol. The maximum atomic E-state index is 11.7. The van der Waals surface area contributed by atoms with Crippen LogP contribution in [0.1, 0.15) is 37.8 Å². The highest BCUT2D eigenvalue weighted by atomic mass is 16.4. The third kappa shape index (κ3) is 5.12. The monoisotopic (exact) mass is 263 g/mol. The van der Waals surface area contributed by atoms with Gasteiger partial charge in [-0.25, -0.2) is 0 Å². The van der Waals surface area contributed by atoms with Gasteiger partial charge in [0.2, 0.25) is 5.91 Å². The lowest BCUT2D eigenvalue weighted by atomic mass is 9.96. The molecule has 0 fully saturated rings. The van der Waals surface area contributed by atoms with E-state index in [1.54, 1.807) is 6.92 Å². The zero-order valence-corrected chi connectivity index (χ0v) is 11.6. The molecule has 0 spiro atoms. The van der Waals surface area contributed by atoms with Gasteiger partial charge < -0.3 is 10.4 Å². The number of rotatable bonds is 6. The Hall–Kier alpha value is -1.84. The molecule has 1 aromatic rings. The van der Waals surface area contributed by atoms with Crippen molar-refractivity contribution < 1.29 is 14.7 Å². The van der Waals surface area contributed by atoms with Crippen molar-refractivity contribution in [1.29, 1.82) is 0 Å². The smallest absolute Gasteiger partial charge is 0.322 e. The van der Waals surface area contributed by atoms with E-state index in [1.165, 1.54) is 5.56 Å². The minimum Gasteiger partial charge on any atom is -0.480 e. The van der Waals surface area contributed by atoms with E-state index in [4.69, 9.17) is 5.11 Å². The Morgan fingerprint density at radius 3 is 2.21 bits per heavy atom. The molecule has 4 heteroatoms. The van der Waals surface area contributed by atoms with E-state index in [-0.39, 0.29) is 18.4 Å². The van der Waals surface area contributed by atoms with Gasteiger partial charge in [0.05, 0.1) is 5.92 Å². The average molecular weight is 263 g/mol. The summed E-state index contributed by atoms with van der Waals surface area (Å²) in [5.74, 6) is -1.04. The second-order valence-electron chi connectivity index (χ2n) is 5.17. The second-order valence-corrected chi connectivity index (χ2v) is 5.17. The summed E-state index contributed by atoms with van der Waals surface area (Å²) in [5, 5.41) is 10.9. The average Bonchev–Trinajstić information content (AvgIpc) is 2.35. The molecule has 0 aliphatic heterocycles. The van der Waals surface area contributed by atoms with Crippen LogP contribution in [-0.4, -0.2) is 23.5 Å². The summed E-state index contributed by atoms with van der Waals surface area (Å²) >= 11 is 0. The molecule has 0 aliphatic rings. The van der Waals surface area contributed by atoms with E-state index in [0.717, 1.165) is 12.0 Å². The highest BCUT2D eigenvalue weighted by Gasteiger charge is 2.15. The number of carboxylic acid groups (broad SMARTS) is 1. The van der Waals surface area contributed by atoms with Gasteiger partial charge in [-0.2, -0.15) is 0 Å². The van der Waals surface area contributed by atoms with Crippen LogP contribution in [0.4, 0.5) is 0 Å². The summed E-state index contributed by atoms with van der Waals surface area (Å²) in [5.41, 5.74) is 2.15. The van der Waals surface area contributed by atoms with E-state index < -0.39 is 5.97 Å². The van der Waals surface area contributed by atoms with Crippen LogP contribution in [0.3, 0.4) is 0 Å². The van der Waals surface area contributed by atoms with E-state index in [0.29, 0.717) is 5.92 Å². The Balaban J connectivity index is 2.64. The van der Waals surface area contributed by atoms with Crippen molar-refractivity contribution in [3.63, 3.8) is 0 Å². The number of carboxylic acids is 1. The zero-order chi connectivity index (χ0) is 14.4. The number of carbonyl (C=O) groups excluding carboxylic acids is 1. The van der Waals surface area contributed by atoms with E-state index >= 15 is 0 Å². The molecule has 1 rings (SSSR count). The zero-order valence-electron chi connectivity index (χ0n) is 11.6. The number of carbonyl (C=O) groups is 2. The highest BCUT2D eigenvalue weighted by molar-refractivity contribution is 5.86. The van der Waals surface area contributed by atoms with Crippen molar-refractivity contribution in [3.8, 4) is 0 Å². The predicted octanol–water partition coefficient (Wildman–Crippen LogP) is 2.19. The van der Waals surface area contributed by atoms with E-state index in [9.17, 15) is 9.59 Å². The van der Waals surface area contributed by atoms with Crippen molar-refractivity contribution in [2.75, 3.05) is 6.54 Å². The van der Waals surface area contributed by atoms with Crippen molar-refractivity contribution in [2.24, 2.45) is 5.92 Å². The molecule has 0 radical (unpaired) electrons. The molecule has 104 valence electrons. The van der Waals surface area contributed by atoms with Crippen molar-refractivity contribution in [3.05, 3.63) is 35.4 Å². The van der Waals surface area contributed by atoms with Gasteiger partial charge in [-0.3, -0.25) is 9.59 Å². The Kier molecular flexibility index (Phi) is 5.55. The lowest BCUT2D eigenvalue weighted by Gasteiger charge is -2.12. The van der Waals surface area contributed by atoms with Crippen LogP contribution in [0.25, 0.3) is 0 Å². The number of benzene rings is 1. The van der Waals surface area contributed by atoms with Gasteiger partial charge in [0.1, 0.15) is 6.54 Å².